The lowest BCUT2D eigenvalue weighted by Crippen LogP contribution is -2.38. The van der Waals surface area contributed by atoms with Gasteiger partial charge in [0.05, 0.1) is 6.54 Å². The molecule has 3 nitrogen and oxygen atoms in total. The molecule has 0 aromatic carbocycles. The van der Waals surface area contributed by atoms with Crippen LogP contribution in [-0.2, 0) is 6.54 Å². The summed E-state index contributed by atoms with van der Waals surface area (Å²) in [4.78, 5) is 7.00. The van der Waals surface area contributed by atoms with Crippen LogP contribution >= 0.6 is 35.3 Å². The number of thiophene rings is 1. The standard InChI is InChI=1S/C14H23N3S.HI/c1-4-5-11-8-13(11)17-14(15-3)16-9-12-7-6-10(2)18-12;/h6-7,11,13H,4-5,8-9H2,1-3H3,(H2,15,16,17);1H. The Morgan fingerprint density at radius 3 is 2.84 bits per heavy atom. The third-order valence-electron chi connectivity index (χ3n) is 3.35. The fourth-order valence-corrected chi connectivity index (χ4v) is 3.07. The van der Waals surface area contributed by atoms with Gasteiger partial charge in [-0.2, -0.15) is 0 Å². The SMILES string of the molecule is CCCC1CC1NC(=NC)NCc1ccc(C)s1.I. The second kappa shape index (κ2) is 8.09. The van der Waals surface area contributed by atoms with Crippen molar-refractivity contribution in [2.75, 3.05) is 7.05 Å². The zero-order valence-electron chi connectivity index (χ0n) is 11.9. The minimum absolute atomic E-state index is 0. The molecule has 1 heterocycles. The fraction of sp³-hybridized carbons (Fsp3) is 0.643. The Hall–Kier alpha value is -0.300. The first-order valence-corrected chi connectivity index (χ1v) is 7.57. The topological polar surface area (TPSA) is 36.4 Å². The van der Waals surface area contributed by atoms with Crippen molar-refractivity contribution in [1.29, 1.82) is 0 Å². The Bertz CT molecular complexity index is 417. The van der Waals surface area contributed by atoms with Crippen molar-refractivity contribution >= 4 is 41.3 Å². The maximum Gasteiger partial charge on any atom is 0.191 e. The highest BCUT2D eigenvalue weighted by atomic mass is 127. The van der Waals surface area contributed by atoms with E-state index in [4.69, 9.17) is 0 Å². The molecule has 0 saturated heterocycles. The molecule has 0 radical (unpaired) electrons. The molecule has 1 aliphatic rings. The average molecular weight is 393 g/mol. The molecule has 5 heteroatoms. The molecular weight excluding hydrogens is 369 g/mol. The number of aryl methyl sites for hydroxylation is 1. The van der Waals surface area contributed by atoms with Crippen molar-refractivity contribution in [3.63, 3.8) is 0 Å². The molecule has 0 amide bonds. The van der Waals surface area contributed by atoms with E-state index in [1.54, 1.807) is 0 Å². The van der Waals surface area contributed by atoms with Gasteiger partial charge in [-0.15, -0.1) is 35.3 Å². The number of hydrogen-bond acceptors (Lipinski definition) is 2. The summed E-state index contributed by atoms with van der Waals surface area (Å²) in [7, 11) is 1.84. The number of nitrogens with zero attached hydrogens (tertiary/aromatic N) is 1. The van der Waals surface area contributed by atoms with Gasteiger partial charge < -0.3 is 10.6 Å². The summed E-state index contributed by atoms with van der Waals surface area (Å²) in [5.74, 6) is 1.79. The minimum Gasteiger partial charge on any atom is -0.353 e. The Kier molecular flexibility index (Phi) is 7.13. The summed E-state index contributed by atoms with van der Waals surface area (Å²) in [6.45, 7) is 5.26. The van der Waals surface area contributed by atoms with Crippen LogP contribution in [0.15, 0.2) is 17.1 Å². The predicted molar refractivity (Wildman–Crippen MR) is 94.6 cm³/mol. The lowest BCUT2D eigenvalue weighted by molar-refractivity contribution is 0.655. The second-order valence-electron chi connectivity index (χ2n) is 4.97. The van der Waals surface area contributed by atoms with Gasteiger partial charge in [-0.3, -0.25) is 4.99 Å². The van der Waals surface area contributed by atoms with Crippen LogP contribution < -0.4 is 10.6 Å². The molecule has 0 bridgehead atoms. The van der Waals surface area contributed by atoms with Crippen LogP contribution in [-0.4, -0.2) is 19.0 Å². The summed E-state index contributed by atoms with van der Waals surface area (Å²) in [5.41, 5.74) is 0. The molecule has 0 spiro atoms. The highest BCUT2D eigenvalue weighted by Gasteiger charge is 2.36. The zero-order valence-corrected chi connectivity index (χ0v) is 15.0. The minimum atomic E-state index is 0. The lowest BCUT2D eigenvalue weighted by atomic mass is 10.2. The van der Waals surface area contributed by atoms with E-state index in [9.17, 15) is 0 Å². The van der Waals surface area contributed by atoms with Gasteiger partial charge in [-0.05, 0) is 37.8 Å². The van der Waals surface area contributed by atoms with E-state index in [-0.39, 0.29) is 24.0 Å². The summed E-state index contributed by atoms with van der Waals surface area (Å²) >= 11 is 1.84. The van der Waals surface area contributed by atoms with Crippen molar-refractivity contribution in [2.24, 2.45) is 10.9 Å². The van der Waals surface area contributed by atoms with E-state index in [1.807, 2.05) is 18.4 Å². The van der Waals surface area contributed by atoms with Crippen molar-refractivity contribution < 1.29 is 0 Å². The number of nitrogens with one attached hydrogen (secondary N) is 2. The number of guanidine groups is 1. The summed E-state index contributed by atoms with van der Waals surface area (Å²) in [5, 5.41) is 6.88. The van der Waals surface area contributed by atoms with Crippen molar-refractivity contribution in [2.45, 2.75) is 45.7 Å². The normalized spacial score (nSPS) is 21.7. The van der Waals surface area contributed by atoms with Crippen LogP contribution in [0.4, 0.5) is 0 Å². The molecule has 1 aromatic rings. The number of aliphatic imine (C=N–C) groups is 1. The van der Waals surface area contributed by atoms with Gasteiger partial charge in [0.25, 0.3) is 0 Å². The Balaban J connectivity index is 0.00000180. The molecule has 2 rings (SSSR count). The highest BCUT2D eigenvalue weighted by Crippen LogP contribution is 2.34. The van der Waals surface area contributed by atoms with Crippen LogP contribution in [0.3, 0.4) is 0 Å². The molecule has 1 saturated carbocycles. The van der Waals surface area contributed by atoms with Gasteiger partial charge in [-0.25, -0.2) is 0 Å². The van der Waals surface area contributed by atoms with Crippen molar-refractivity contribution in [3.05, 3.63) is 21.9 Å². The van der Waals surface area contributed by atoms with Crippen LogP contribution in [0, 0.1) is 12.8 Å². The molecule has 19 heavy (non-hydrogen) atoms. The van der Waals surface area contributed by atoms with E-state index in [0.717, 1.165) is 18.4 Å². The summed E-state index contributed by atoms with van der Waals surface area (Å²) < 4.78 is 0. The largest absolute Gasteiger partial charge is 0.353 e. The van der Waals surface area contributed by atoms with Gasteiger partial charge in [0.15, 0.2) is 5.96 Å². The quantitative estimate of drug-likeness (QED) is 0.456. The van der Waals surface area contributed by atoms with E-state index >= 15 is 0 Å². The molecular formula is C14H24IN3S. The first-order valence-electron chi connectivity index (χ1n) is 6.75. The Morgan fingerprint density at radius 1 is 1.47 bits per heavy atom. The monoisotopic (exact) mass is 393 g/mol. The molecule has 2 atom stereocenters. The van der Waals surface area contributed by atoms with Crippen molar-refractivity contribution in [1.82, 2.24) is 10.6 Å². The van der Waals surface area contributed by atoms with E-state index < -0.39 is 0 Å². The molecule has 0 aliphatic heterocycles. The number of halogens is 1. The highest BCUT2D eigenvalue weighted by molar-refractivity contribution is 14.0. The van der Waals surface area contributed by atoms with Crippen LogP contribution in [0.5, 0.6) is 0 Å². The zero-order chi connectivity index (χ0) is 13.0. The smallest absolute Gasteiger partial charge is 0.191 e. The van der Waals surface area contributed by atoms with Gasteiger partial charge >= 0.3 is 0 Å². The van der Waals surface area contributed by atoms with Crippen LogP contribution in [0.25, 0.3) is 0 Å². The van der Waals surface area contributed by atoms with Crippen molar-refractivity contribution in [3.8, 4) is 0 Å². The maximum atomic E-state index is 4.28. The van der Waals surface area contributed by atoms with E-state index in [0.29, 0.717) is 6.04 Å². The number of hydrogen-bond donors (Lipinski definition) is 2. The molecule has 108 valence electrons. The average Bonchev–Trinajstić information content (AvgIpc) is 2.95. The molecule has 1 fully saturated rings. The van der Waals surface area contributed by atoms with Gasteiger partial charge in [0, 0.05) is 22.8 Å². The van der Waals surface area contributed by atoms with E-state index in [2.05, 4.69) is 41.6 Å². The maximum absolute atomic E-state index is 4.28. The third-order valence-corrected chi connectivity index (χ3v) is 4.35. The van der Waals surface area contributed by atoms with E-state index in [1.165, 1.54) is 29.0 Å². The Morgan fingerprint density at radius 2 is 2.26 bits per heavy atom. The second-order valence-corrected chi connectivity index (χ2v) is 6.35. The summed E-state index contributed by atoms with van der Waals surface area (Å²) in [6, 6.07) is 4.98. The third kappa shape index (κ3) is 5.30. The van der Waals surface area contributed by atoms with Crippen LogP contribution in [0.1, 0.15) is 35.9 Å². The van der Waals surface area contributed by atoms with Crippen LogP contribution in [0.2, 0.25) is 0 Å². The van der Waals surface area contributed by atoms with Gasteiger partial charge in [-0.1, -0.05) is 13.3 Å². The van der Waals surface area contributed by atoms with Gasteiger partial charge in [0.1, 0.15) is 0 Å². The Labute approximate surface area is 137 Å². The molecule has 2 N–H and O–H groups in total. The summed E-state index contributed by atoms with van der Waals surface area (Å²) in [6.07, 6.45) is 3.91. The first-order chi connectivity index (χ1) is 8.72. The lowest BCUT2D eigenvalue weighted by Gasteiger charge is -2.10. The predicted octanol–water partition coefficient (Wildman–Crippen LogP) is 3.53. The number of rotatable bonds is 5. The molecule has 1 aromatic heterocycles. The fourth-order valence-electron chi connectivity index (χ4n) is 2.24. The first kappa shape index (κ1) is 16.8. The molecule has 1 aliphatic carbocycles. The van der Waals surface area contributed by atoms with Gasteiger partial charge in [0.2, 0.25) is 0 Å². The molecule has 2 unspecified atom stereocenters.